The molecule has 0 bridgehead atoms. The average molecular weight is 175 g/mol. The van der Waals surface area contributed by atoms with E-state index in [4.69, 9.17) is 0 Å². The van der Waals surface area contributed by atoms with Crippen LogP contribution in [0.4, 0.5) is 0 Å². The molecule has 0 atom stereocenters. The van der Waals surface area contributed by atoms with Crippen molar-refractivity contribution < 1.29 is 40.0 Å². The third kappa shape index (κ3) is 37.3. The van der Waals surface area contributed by atoms with Crippen molar-refractivity contribution in [2.45, 2.75) is 6.92 Å². The summed E-state index contributed by atoms with van der Waals surface area (Å²) in [7, 11) is 1.35. The molecule has 0 aromatic heterocycles. The molecule has 4 N–H and O–H groups in total. The molecule has 0 aliphatic carbocycles. The Kier molecular flexibility index (Phi) is 48.2. The maximum Gasteiger partial charge on any atom is 0.302 e. The zero-order valence-corrected chi connectivity index (χ0v) is 7.99. The fourth-order valence-electron chi connectivity index (χ4n) is 0. The van der Waals surface area contributed by atoms with E-state index in [0.29, 0.717) is 0 Å². The van der Waals surface area contributed by atoms with Crippen LogP contribution in [-0.4, -0.2) is 24.0 Å². The molecule has 0 saturated carbocycles. The van der Waals surface area contributed by atoms with Crippen molar-refractivity contribution in [3.8, 4) is 0 Å². The topological polar surface area (TPSA) is 89.3 Å². The maximum atomic E-state index is 9.59. The van der Waals surface area contributed by atoms with Gasteiger partial charge in [0.05, 0.1) is 7.11 Å². The van der Waals surface area contributed by atoms with Gasteiger partial charge in [0.15, 0.2) is 0 Å². The van der Waals surface area contributed by atoms with Crippen LogP contribution in [0.2, 0.25) is 0 Å². The summed E-state index contributed by atoms with van der Waals surface area (Å²) >= 11 is 0. The minimum Gasteiger partial charge on any atom is -0.469 e. The van der Waals surface area contributed by atoms with Crippen molar-refractivity contribution in [3.63, 3.8) is 0 Å². The molecule has 48 valence electrons. The second kappa shape index (κ2) is 15.7. The van der Waals surface area contributed by atoms with E-state index in [2.05, 4.69) is 4.74 Å². The number of esters is 1. The van der Waals surface area contributed by atoms with Crippen molar-refractivity contribution in [2.24, 2.45) is 0 Å². The summed E-state index contributed by atoms with van der Waals surface area (Å²) in [6.45, 7) is 1.36. The van der Waals surface area contributed by atoms with E-state index in [1.807, 2.05) is 0 Å². The van der Waals surface area contributed by atoms with Gasteiger partial charge in [-0.25, -0.2) is 0 Å². The van der Waals surface area contributed by atoms with Gasteiger partial charge in [0.1, 0.15) is 0 Å². The number of ether oxygens (including phenoxy) is 1. The summed E-state index contributed by atoms with van der Waals surface area (Å²) in [5.74, 6) is -0.245. The summed E-state index contributed by atoms with van der Waals surface area (Å²) in [4.78, 5) is 9.59. The molecule has 0 saturated heterocycles. The van der Waals surface area contributed by atoms with Crippen LogP contribution in [-0.2, 0) is 29.0 Å². The Morgan fingerprint density at radius 2 is 1.50 bits per heavy atom. The minimum absolute atomic E-state index is 0. The number of hydrogen-bond acceptors (Lipinski definition) is 2. The molecule has 0 aliphatic heterocycles. The van der Waals surface area contributed by atoms with Crippen molar-refractivity contribution in [2.75, 3.05) is 7.11 Å². The van der Waals surface area contributed by atoms with Gasteiger partial charge in [-0.1, -0.05) is 0 Å². The maximum absolute atomic E-state index is 9.59. The molecule has 0 rings (SSSR count). The van der Waals surface area contributed by atoms with Crippen LogP contribution in [0.1, 0.15) is 6.92 Å². The van der Waals surface area contributed by atoms with Gasteiger partial charge in [0.25, 0.3) is 0 Å². The number of carbonyl (C=O) groups is 1. The molecule has 0 amide bonds. The van der Waals surface area contributed by atoms with Gasteiger partial charge in [-0.15, -0.1) is 0 Å². The molecule has 0 heterocycles. The van der Waals surface area contributed by atoms with E-state index in [9.17, 15) is 4.79 Å². The van der Waals surface area contributed by atoms with Crippen molar-refractivity contribution >= 4 is 5.97 Å². The molecule has 8 heavy (non-hydrogen) atoms. The molecule has 0 aliphatic rings. The zero-order valence-electron chi connectivity index (χ0n) is 5.02. The van der Waals surface area contributed by atoms with E-state index in [-0.39, 0.29) is 36.4 Å². The van der Waals surface area contributed by atoms with Gasteiger partial charge in [0, 0.05) is 26.4 Å². The first-order chi connectivity index (χ1) is 2.27. The van der Waals surface area contributed by atoms with Gasteiger partial charge in [-0.3, -0.25) is 4.79 Å². The molecule has 0 unspecified atom stereocenters. The zero-order chi connectivity index (χ0) is 4.28. The van der Waals surface area contributed by atoms with Crippen molar-refractivity contribution in [3.05, 3.63) is 0 Å². The summed E-state index contributed by atoms with van der Waals surface area (Å²) in [6.07, 6.45) is 0. The first kappa shape index (κ1) is 24.5. The summed E-state index contributed by atoms with van der Waals surface area (Å²) in [5.41, 5.74) is 0. The van der Waals surface area contributed by atoms with E-state index in [0.717, 1.165) is 0 Å². The molecule has 0 fully saturated rings. The normalized spacial score (nSPS) is 4.25. The number of carbonyl (C=O) groups excluding carboxylic acids is 1. The number of methoxy groups -OCH3 is 1. The van der Waals surface area contributed by atoms with Crippen LogP contribution in [0, 0.1) is 0 Å². The second-order valence-corrected chi connectivity index (χ2v) is 0.696. The molecule has 0 aromatic carbocycles. The van der Waals surface area contributed by atoms with Gasteiger partial charge in [0.2, 0.25) is 0 Å². The van der Waals surface area contributed by atoms with E-state index < -0.39 is 0 Å². The van der Waals surface area contributed by atoms with Gasteiger partial charge in [-0.2, -0.15) is 0 Å². The predicted octanol–water partition coefficient (Wildman–Crippen LogP) is -1.47. The Hall–Kier alpha value is 0.0134. The monoisotopic (exact) mass is 174 g/mol. The molecular formula is C3H10O4Zn. The molecular weight excluding hydrogens is 165 g/mol. The van der Waals surface area contributed by atoms with Crippen LogP contribution >= 0.6 is 0 Å². The van der Waals surface area contributed by atoms with Gasteiger partial charge >= 0.3 is 5.97 Å². The van der Waals surface area contributed by atoms with Gasteiger partial charge in [-0.05, 0) is 0 Å². The molecule has 4 nitrogen and oxygen atoms in total. The fraction of sp³-hybridized carbons (Fsp3) is 0.667. The summed E-state index contributed by atoms with van der Waals surface area (Å²) in [5, 5.41) is 0. The first-order valence-corrected chi connectivity index (χ1v) is 1.32. The van der Waals surface area contributed by atoms with Crippen LogP contribution < -0.4 is 0 Å². The Bertz CT molecular complexity index is 46.5. The van der Waals surface area contributed by atoms with Crippen LogP contribution in [0.3, 0.4) is 0 Å². The Morgan fingerprint density at radius 1 is 1.38 bits per heavy atom. The predicted molar refractivity (Wildman–Crippen MR) is 24.9 cm³/mol. The van der Waals surface area contributed by atoms with Crippen molar-refractivity contribution in [1.29, 1.82) is 0 Å². The number of hydrogen-bond donors (Lipinski definition) is 0. The Morgan fingerprint density at radius 3 is 1.50 bits per heavy atom. The Labute approximate surface area is 60.6 Å². The number of rotatable bonds is 0. The van der Waals surface area contributed by atoms with E-state index in [1.165, 1.54) is 14.0 Å². The second-order valence-electron chi connectivity index (χ2n) is 0.696. The third-order valence-electron chi connectivity index (χ3n) is 0.287. The smallest absolute Gasteiger partial charge is 0.302 e. The largest absolute Gasteiger partial charge is 0.469 e. The first-order valence-electron chi connectivity index (χ1n) is 1.32. The van der Waals surface area contributed by atoms with E-state index in [1.54, 1.807) is 0 Å². The summed E-state index contributed by atoms with van der Waals surface area (Å²) in [6, 6.07) is 0. The standard InChI is InChI=1S/C3H6O2.2H2O.Zn/c1-3(4)5-2;;;/h1-2H3;2*1H2;. The third-order valence-corrected chi connectivity index (χ3v) is 0.287. The van der Waals surface area contributed by atoms with Crippen LogP contribution in [0.15, 0.2) is 0 Å². The van der Waals surface area contributed by atoms with Gasteiger partial charge < -0.3 is 15.7 Å². The fourth-order valence-corrected chi connectivity index (χ4v) is 0. The summed E-state index contributed by atoms with van der Waals surface area (Å²) < 4.78 is 4.11. The van der Waals surface area contributed by atoms with Crippen molar-refractivity contribution in [1.82, 2.24) is 0 Å². The van der Waals surface area contributed by atoms with E-state index >= 15 is 0 Å². The molecule has 0 aromatic rings. The molecule has 5 heteroatoms. The van der Waals surface area contributed by atoms with Crippen LogP contribution in [0.5, 0.6) is 0 Å². The SMILES string of the molecule is COC(C)=O.O.O.[Zn]. The van der Waals surface area contributed by atoms with Crippen LogP contribution in [0.25, 0.3) is 0 Å². The minimum atomic E-state index is -0.245. The molecule has 0 spiro atoms. The molecule has 0 radical (unpaired) electrons. The Balaban J connectivity index is -0.0000000267. The average Bonchev–Trinajstić information content (AvgIpc) is 1.38. The quantitative estimate of drug-likeness (QED) is 0.332.